The van der Waals surface area contributed by atoms with E-state index in [0.29, 0.717) is 0 Å². The first-order valence-corrected chi connectivity index (χ1v) is 8.76. The van der Waals surface area contributed by atoms with Crippen molar-refractivity contribution in [2.24, 2.45) is 0 Å². The van der Waals surface area contributed by atoms with E-state index in [2.05, 4.69) is 4.79 Å². The molecule has 0 saturated carbocycles. The molecule has 0 rings (SSSR count). The van der Waals surface area contributed by atoms with Gasteiger partial charge in [0.05, 0.1) is 0 Å². The van der Waals surface area contributed by atoms with Crippen molar-refractivity contribution in [2.45, 2.75) is 57.9 Å². The molecular formula is C13H23N3O3S2. The van der Waals surface area contributed by atoms with Crippen LogP contribution in [0.3, 0.4) is 0 Å². The number of carboxylic acid groups (broad SMARTS) is 1. The maximum Gasteiger partial charge on any atom is 0.408 e. The molecule has 0 heterocycles. The Morgan fingerprint density at radius 1 is 1.29 bits per heavy atom. The molecule has 1 atom stereocenters. The number of hydrogen-bond acceptors (Lipinski definition) is 4. The average molecular weight is 333 g/mol. The van der Waals surface area contributed by atoms with Gasteiger partial charge in [-0.25, -0.2) is 4.79 Å². The van der Waals surface area contributed by atoms with E-state index in [4.69, 9.17) is 5.53 Å². The normalized spacial score (nSPS) is 13.2. The van der Waals surface area contributed by atoms with E-state index in [1.54, 1.807) is 31.6 Å². The van der Waals surface area contributed by atoms with Crippen LogP contribution in [0.1, 0.15) is 41.5 Å². The van der Waals surface area contributed by atoms with Crippen LogP contribution in [0.2, 0.25) is 0 Å². The monoisotopic (exact) mass is 333 g/mol. The third-order valence-corrected chi connectivity index (χ3v) is 5.62. The van der Waals surface area contributed by atoms with Gasteiger partial charge >= 0.3 is 12.3 Å². The lowest BCUT2D eigenvalue weighted by atomic mass is 10.0. The van der Waals surface area contributed by atoms with E-state index < -0.39 is 23.5 Å². The summed E-state index contributed by atoms with van der Waals surface area (Å²) in [5.41, 5.74) is 7.80. The van der Waals surface area contributed by atoms with Gasteiger partial charge in [0.15, 0.2) is 0 Å². The van der Waals surface area contributed by atoms with Crippen LogP contribution in [-0.2, 0) is 4.79 Å². The predicted molar refractivity (Wildman–Crippen MR) is 87.9 cm³/mol. The lowest BCUT2D eigenvalue weighted by molar-refractivity contribution is -0.121. The van der Waals surface area contributed by atoms with Gasteiger partial charge in [0.25, 0.3) is 5.78 Å². The minimum atomic E-state index is -1.17. The van der Waals surface area contributed by atoms with E-state index in [1.807, 2.05) is 20.8 Å². The first-order valence-electron chi connectivity index (χ1n) is 6.44. The molecular weight excluding hydrogens is 310 g/mol. The number of rotatable bonds is 6. The molecule has 8 heteroatoms. The summed E-state index contributed by atoms with van der Waals surface area (Å²) in [6.45, 7) is 11.3. The van der Waals surface area contributed by atoms with Gasteiger partial charge in [0.2, 0.25) is 0 Å². The Morgan fingerprint density at radius 2 is 1.81 bits per heavy atom. The summed E-state index contributed by atoms with van der Waals surface area (Å²) < 4.78 is -0.000875. The van der Waals surface area contributed by atoms with E-state index in [9.17, 15) is 14.7 Å². The standard InChI is InChI=1S/C13H23N3O3S2/c1-12(2,3)16(11(18)19)9(10(17)7-15-14)8-20-21-13(4,5)6/h7,9H,8H2,1-6H3,(H,18,19)/t9-/m0/s1. The van der Waals surface area contributed by atoms with Crippen LogP contribution in [0.15, 0.2) is 0 Å². The third-order valence-electron chi connectivity index (χ3n) is 2.29. The van der Waals surface area contributed by atoms with Gasteiger partial charge in [-0.2, -0.15) is 4.79 Å². The van der Waals surface area contributed by atoms with Gasteiger partial charge in [-0.1, -0.05) is 42.4 Å². The second-order valence-corrected chi connectivity index (χ2v) is 9.63. The van der Waals surface area contributed by atoms with Crippen LogP contribution >= 0.6 is 21.6 Å². The van der Waals surface area contributed by atoms with E-state index in [1.165, 1.54) is 10.8 Å². The van der Waals surface area contributed by atoms with Gasteiger partial charge in [-0.15, -0.1) is 0 Å². The van der Waals surface area contributed by atoms with Crippen LogP contribution in [0.5, 0.6) is 0 Å². The maximum absolute atomic E-state index is 12.1. The Morgan fingerprint density at radius 3 is 2.14 bits per heavy atom. The fourth-order valence-corrected chi connectivity index (χ4v) is 4.11. The number of hydrogen-bond donors (Lipinski definition) is 1. The largest absolute Gasteiger partial charge is 0.465 e. The van der Waals surface area contributed by atoms with Gasteiger partial charge in [-0.3, -0.25) is 9.69 Å². The molecule has 120 valence electrons. The Labute approximate surface area is 133 Å². The molecule has 0 aliphatic carbocycles. The van der Waals surface area contributed by atoms with Crippen LogP contribution < -0.4 is 0 Å². The number of carbonyl (C=O) groups is 2. The van der Waals surface area contributed by atoms with E-state index >= 15 is 0 Å². The zero-order valence-electron chi connectivity index (χ0n) is 13.3. The van der Waals surface area contributed by atoms with Gasteiger partial charge in [0.1, 0.15) is 6.04 Å². The van der Waals surface area contributed by atoms with Crippen LogP contribution in [0.25, 0.3) is 5.53 Å². The lowest BCUT2D eigenvalue weighted by Crippen LogP contribution is -2.55. The number of nitrogens with zero attached hydrogens (tertiary/aromatic N) is 3. The molecule has 0 bridgehead atoms. The molecule has 0 spiro atoms. The maximum atomic E-state index is 12.1. The number of amides is 1. The second-order valence-electron chi connectivity index (χ2n) is 6.47. The van der Waals surface area contributed by atoms with Crippen molar-refractivity contribution < 1.29 is 19.5 Å². The molecule has 0 aromatic heterocycles. The Hall–Kier alpha value is -0.980. The summed E-state index contributed by atoms with van der Waals surface area (Å²) in [5, 5.41) is 9.41. The van der Waals surface area contributed by atoms with Gasteiger partial charge < -0.3 is 10.6 Å². The van der Waals surface area contributed by atoms with Gasteiger partial charge in [-0.05, 0) is 20.8 Å². The molecule has 0 saturated heterocycles. The smallest absolute Gasteiger partial charge is 0.408 e. The number of Topliss-reactive ketones (excluding diaryl/α,β-unsaturated/α-hetero) is 1. The highest BCUT2D eigenvalue weighted by molar-refractivity contribution is 8.77. The first kappa shape index (κ1) is 20.0. The molecule has 0 aromatic carbocycles. The number of ketones is 1. The highest BCUT2D eigenvalue weighted by Crippen LogP contribution is 2.36. The summed E-state index contributed by atoms with van der Waals surface area (Å²) >= 11 is 0. The van der Waals surface area contributed by atoms with E-state index in [-0.39, 0.29) is 10.5 Å². The van der Waals surface area contributed by atoms with Crippen LogP contribution in [0, 0.1) is 0 Å². The Bertz CT molecular complexity index is 435. The molecule has 21 heavy (non-hydrogen) atoms. The van der Waals surface area contributed by atoms with Crippen LogP contribution in [-0.4, -0.2) is 55.0 Å². The molecule has 1 amide bonds. The van der Waals surface area contributed by atoms with Crippen molar-refractivity contribution >= 4 is 39.7 Å². The quantitative estimate of drug-likeness (QED) is 0.349. The molecule has 6 nitrogen and oxygen atoms in total. The van der Waals surface area contributed by atoms with Crippen LogP contribution in [0.4, 0.5) is 4.79 Å². The molecule has 0 radical (unpaired) electrons. The zero-order valence-corrected chi connectivity index (χ0v) is 14.9. The highest BCUT2D eigenvalue weighted by atomic mass is 33.1. The molecule has 0 unspecified atom stereocenters. The van der Waals surface area contributed by atoms with Gasteiger partial charge in [0, 0.05) is 16.0 Å². The SMILES string of the molecule is CC(C)(C)SSC[C@@H](C(=O)C=[N+]=[N-])N(C(=O)O)C(C)(C)C. The fourth-order valence-electron chi connectivity index (χ4n) is 1.59. The van der Waals surface area contributed by atoms with Crippen molar-refractivity contribution in [3.05, 3.63) is 5.53 Å². The molecule has 0 aromatic rings. The highest BCUT2D eigenvalue weighted by Gasteiger charge is 2.38. The van der Waals surface area contributed by atoms with E-state index in [0.717, 1.165) is 11.1 Å². The summed E-state index contributed by atoms with van der Waals surface area (Å²) in [7, 11) is 3.01. The summed E-state index contributed by atoms with van der Waals surface area (Å²) in [6, 6.07) is -0.891. The molecule has 0 fully saturated rings. The summed E-state index contributed by atoms with van der Waals surface area (Å²) in [4.78, 5) is 27.4. The zero-order chi connectivity index (χ0) is 16.8. The van der Waals surface area contributed by atoms with Crippen molar-refractivity contribution in [1.82, 2.24) is 4.90 Å². The first-order chi connectivity index (χ1) is 9.40. The lowest BCUT2D eigenvalue weighted by Gasteiger charge is -2.37. The predicted octanol–water partition coefficient (Wildman–Crippen LogP) is 3.18. The summed E-state index contributed by atoms with van der Waals surface area (Å²) in [5.74, 6) is -0.243. The molecule has 0 aliphatic heterocycles. The fraction of sp³-hybridized carbons (Fsp3) is 0.769. The Kier molecular flexibility index (Phi) is 7.50. The minimum absolute atomic E-state index is 0.000875. The Balaban J connectivity index is 5.25. The topological polar surface area (TPSA) is 94.0 Å². The van der Waals surface area contributed by atoms with Crippen molar-refractivity contribution in [3.63, 3.8) is 0 Å². The molecule has 1 N–H and O–H groups in total. The summed E-state index contributed by atoms with van der Waals surface area (Å²) in [6.07, 6.45) is -0.414. The van der Waals surface area contributed by atoms with Crippen molar-refractivity contribution in [3.8, 4) is 0 Å². The van der Waals surface area contributed by atoms with Crippen molar-refractivity contribution in [1.29, 1.82) is 0 Å². The minimum Gasteiger partial charge on any atom is -0.465 e. The third kappa shape index (κ3) is 7.55. The average Bonchev–Trinajstić information content (AvgIpc) is 2.23. The second kappa shape index (κ2) is 7.87. The van der Waals surface area contributed by atoms with Crippen molar-refractivity contribution in [2.75, 3.05) is 5.75 Å². The molecule has 0 aliphatic rings. The number of carbonyl (C=O) groups excluding carboxylic acids is 1.